The number of hydrogen-bond acceptors (Lipinski definition) is 5. The second kappa shape index (κ2) is 7.36. The molecule has 2 aromatic carbocycles. The summed E-state index contributed by atoms with van der Waals surface area (Å²) < 4.78 is 18.6. The minimum atomic E-state index is -0.476. The molecule has 5 nitrogen and oxygen atoms in total. The van der Waals surface area contributed by atoms with Crippen molar-refractivity contribution >= 4 is 34.7 Å². The lowest BCUT2D eigenvalue weighted by molar-refractivity contribution is 0.417. The van der Waals surface area contributed by atoms with Gasteiger partial charge in [-0.25, -0.2) is 9.37 Å². The van der Waals surface area contributed by atoms with Crippen LogP contribution in [-0.4, -0.2) is 17.1 Å². The number of benzene rings is 2. The third kappa shape index (κ3) is 4.16. The average molecular weight is 359 g/mol. The topological polar surface area (TPSA) is 59.1 Å². The zero-order valence-corrected chi connectivity index (χ0v) is 14.4. The molecule has 0 spiro atoms. The predicted octanol–water partition coefficient (Wildman–Crippen LogP) is 5.07. The number of para-hydroxylation sites is 2. The number of aryl methyl sites for hydroxylation is 1. The van der Waals surface area contributed by atoms with Crippen LogP contribution in [0, 0.1) is 12.7 Å². The van der Waals surface area contributed by atoms with E-state index in [1.54, 1.807) is 13.2 Å². The summed E-state index contributed by atoms with van der Waals surface area (Å²) in [6, 6.07) is 13.7. The highest BCUT2D eigenvalue weighted by Crippen LogP contribution is 2.27. The second-order valence-electron chi connectivity index (χ2n) is 5.30. The van der Waals surface area contributed by atoms with Gasteiger partial charge in [0, 0.05) is 17.4 Å². The van der Waals surface area contributed by atoms with E-state index in [1.165, 1.54) is 12.1 Å². The first-order valence-electron chi connectivity index (χ1n) is 7.53. The number of hydrogen-bond donors (Lipinski definition) is 2. The molecule has 0 radical (unpaired) electrons. The van der Waals surface area contributed by atoms with Crippen LogP contribution in [0.2, 0.25) is 5.02 Å². The Morgan fingerprint density at radius 2 is 1.84 bits per heavy atom. The first kappa shape index (κ1) is 17.0. The Kier molecular flexibility index (Phi) is 5.00. The fourth-order valence-electron chi connectivity index (χ4n) is 2.28. The van der Waals surface area contributed by atoms with Crippen LogP contribution in [0.15, 0.2) is 48.5 Å². The van der Waals surface area contributed by atoms with E-state index in [0.29, 0.717) is 23.2 Å². The van der Waals surface area contributed by atoms with Gasteiger partial charge in [0.15, 0.2) is 0 Å². The van der Waals surface area contributed by atoms with Crippen LogP contribution in [0.5, 0.6) is 5.75 Å². The Labute approximate surface area is 149 Å². The maximum atomic E-state index is 13.3. The van der Waals surface area contributed by atoms with Crippen molar-refractivity contribution in [3.63, 3.8) is 0 Å². The van der Waals surface area contributed by atoms with Crippen molar-refractivity contribution in [2.45, 2.75) is 6.92 Å². The maximum Gasteiger partial charge on any atom is 0.229 e. The molecule has 0 amide bonds. The van der Waals surface area contributed by atoms with Crippen LogP contribution < -0.4 is 15.4 Å². The molecule has 0 aliphatic rings. The summed E-state index contributed by atoms with van der Waals surface area (Å²) in [5.41, 5.74) is 2.15. The highest BCUT2D eigenvalue weighted by Gasteiger charge is 2.07. The van der Waals surface area contributed by atoms with Crippen LogP contribution in [0.4, 0.5) is 27.5 Å². The Morgan fingerprint density at radius 1 is 1.04 bits per heavy atom. The third-order valence-electron chi connectivity index (χ3n) is 3.40. The molecular formula is C18H16ClFN4O. The van der Waals surface area contributed by atoms with E-state index in [1.807, 2.05) is 37.3 Å². The number of halogens is 2. The summed E-state index contributed by atoms with van der Waals surface area (Å²) in [6.45, 7) is 1.86. The fraction of sp³-hybridized carbons (Fsp3) is 0.111. The molecule has 1 heterocycles. The van der Waals surface area contributed by atoms with Gasteiger partial charge < -0.3 is 15.4 Å². The minimum absolute atomic E-state index is 0.0324. The summed E-state index contributed by atoms with van der Waals surface area (Å²) in [5, 5.41) is 6.26. The first-order chi connectivity index (χ1) is 12.0. The summed E-state index contributed by atoms with van der Waals surface area (Å²) in [7, 11) is 1.61. The number of methoxy groups -OCH3 is 1. The van der Waals surface area contributed by atoms with Crippen LogP contribution in [0.25, 0.3) is 0 Å². The van der Waals surface area contributed by atoms with E-state index >= 15 is 0 Å². The van der Waals surface area contributed by atoms with Gasteiger partial charge in [-0.3, -0.25) is 0 Å². The molecule has 2 N–H and O–H groups in total. The molecule has 0 aliphatic heterocycles. The Bertz CT molecular complexity index is 904. The molecule has 128 valence electrons. The predicted molar refractivity (Wildman–Crippen MR) is 97.7 cm³/mol. The van der Waals surface area contributed by atoms with Gasteiger partial charge >= 0.3 is 0 Å². The normalized spacial score (nSPS) is 10.4. The molecule has 0 unspecified atom stereocenters. The number of aromatic nitrogens is 2. The maximum absolute atomic E-state index is 13.3. The van der Waals surface area contributed by atoms with Gasteiger partial charge in [-0.1, -0.05) is 23.7 Å². The quantitative estimate of drug-likeness (QED) is 0.666. The van der Waals surface area contributed by atoms with Gasteiger partial charge in [-0.15, -0.1) is 0 Å². The minimum Gasteiger partial charge on any atom is -0.495 e. The summed E-state index contributed by atoms with van der Waals surface area (Å²) in [6.07, 6.45) is 0. The zero-order chi connectivity index (χ0) is 17.8. The first-order valence-corrected chi connectivity index (χ1v) is 7.91. The smallest absolute Gasteiger partial charge is 0.229 e. The van der Waals surface area contributed by atoms with Crippen LogP contribution in [0.3, 0.4) is 0 Å². The number of ether oxygens (including phenoxy) is 1. The van der Waals surface area contributed by atoms with Gasteiger partial charge in [-0.2, -0.15) is 4.98 Å². The van der Waals surface area contributed by atoms with Crippen LogP contribution in [0.1, 0.15) is 5.69 Å². The van der Waals surface area contributed by atoms with Crippen molar-refractivity contribution in [3.8, 4) is 5.75 Å². The molecule has 0 atom stereocenters. The van der Waals surface area contributed by atoms with Crippen molar-refractivity contribution in [1.82, 2.24) is 9.97 Å². The van der Waals surface area contributed by atoms with Crippen LogP contribution >= 0.6 is 11.6 Å². The van der Waals surface area contributed by atoms with Crippen molar-refractivity contribution in [3.05, 3.63) is 65.1 Å². The standard InChI is InChI=1S/C18H16ClFN4O/c1-11-9-17(23-15-5-3-4-6-16(15)25-2)24-18(21-11)22-12-7-8-14(20)13(19)10-12/h3-10H,1-2H3,(H2,21,22,23,24). The van der Waals surface area contributed by atoms with Crippen molar-refractivity contribution in [1.29, 1.82) is 0 Å². The van der Waals surface area contributed by atoms with Gasteiger partial charge in [-0.05, 0) is 37.3 Å². The second-order valence-corrected chi connectivity index (χ2v) is 5.70. The molecule has 7 heteroatoms. The zero-order valence-electron chi connectivity index (χ0n) is 13.7. The van der Waals surface area contributed by atoms with Gasteiger partial charge in [0.2, 0.25) is 5.95 Å². The molecule has 0 saturated carbocycles. The molecular weight excluding hydrogens is 343 g/mol. The highest BCUT2D eigenvalue weighted by molar-refractivity contribution is 6.31. The summed E-state index contributed by atoms with van der Waals surface area (Å²) in [4.78, 5) is 8.76. The molecule has 3 aromatic rings. The third-order valence-corrected chi connectivity index (χ3v) is 3.69. The van der Waals surface area contributed by atoms with E-state index in [4.69, 9.17) is 16.3 Å². The van der Waals surface area contributed by atoms with Gasteiger partial charge in [0.1, 0.15) is 17.4 Å². The largest absolute Gasteiger partial charge is 0.495 e. The van der Waals surface area contributed by atoms with Crippen molar-refractivity contribution in [2.75, 3.05) is 17.7 Å². The Morgan fingerprint density at radius 3 is 2.60 bits per heavy atom. The Hall–Kier alpha value is -2.86. The average Bonchev–Trinajstić information content (AvgIpc) is 2.58. The lowest BCUT2D eigenvalue weighted by atomic mass is 10.3. The molecule has 0 saturated heterocycles. The van der Waals surface area contributed by atoms with Crippen molar-refractivity contribution < 1.29 is 9.13 Å². The fourth-order valence-corrected chi connectivity index (χ4v) is 2.46. The van der Waals surface area contributed by atoms with Gasteiger partial charge in [0.05, 0.1) is 17.8 Å². The van der Waals surface area contributed by atoms with E-state index < -0.39 is 5.82 Å². The molecule has 0 bridgehead atoms. The number of rotatable bonds is 5. The number of nitrogens with zero attached hydrogens (tertiary/aromatic N) is 2. The molecule has 1 aromatic heterocycles. The van der Waals surface area contributed by atoms with E-state index in [2.05, 4.69) is 20.6 Å². The van der Waals surface area contributed by atoms with E-state index in [9.17, 15) is 4.39 Å². The molecule has 25 heavy (non-hydrogen) atoms. The van der Waals surface area contributed by atoms with E-state index in [-0.39, 0.29) is 5.02 Å². The van der Waals surface area contributed by atoms with Gasteiger partial charge in [0.25, 0.3) is 0 Å². The van der Waals surface area contributed by atoms with Crippen molar-refractivity contribution in [2.24, 2.45) is 0 Å². The number of anilines is 4. The monoisotopic (exact) mass is 358 g/mol. The lowest BCUT2D eigenvalue weighted by Crippen LogP contribution is -2.03. The highest BCUT2D eigenvalue weighted by atomic mass is 35.5. The molecule has 0 fully saturated rings. The lowest BCUT2D eigenvalue weighted by Gasteiger charge is -2.12. The molecule has 0 aliphatic carbocycles. The Balaban J connectivity index is 1.86. The molecule has 3 rings (SSSR count). The summed E-state index contributed by atoms with van der Waals surface area (Å²) >= 11 is 5.80. The summed E-state index contributed by atoms with van der Waals surface area (Å²) in [5.74, 6) is 1.21. The number of nitrogens with one attached hydrogen (secondary N) is 2. The van der Waals surface area contributed by atoms with Crippen LogP contribution in [-0.2, 0) is 0 Å². The SMILES string of the molecule is COc1ccccc1Nc1cc(C)nc(Nc2ccc(F)c(Cl)c2)n1. The van der Waals surface area contributed by atoms with E-state index in [0.717, 1.165) is 11.4 Å².